The van der Waals surface area contributed by atoms with Crippen molar-refractivity contribution in [3.8, 4) is 0 Å². The van der Waals surface area contributed by atoms with E-state index in [4.69, 9.17) is 15.9 Å². The second kappa shape index (κ2) is 9.27. The Bertz CT molecular complexity index is 215. The molecule has 2 amide bonds. The van der Waals surface area contributed by atoms with Crippen LogP contribution in [0.25, 0.3) is 0 Å². The lowest BCUT2D eigenvalue weighted by atomic mass is 10.6. The highest BCUT2D eigenvalue weighted by Crippen LogP contribution is 1.84. The van der Waals surface area contributed by atoms with Crippen LogP contribution in [0, 0.1) is 0 Å². The minimum Gasteiger partial charge on any atom is -0.478 e. The van der Waals surface area contributed by atoms with E-state index in [9.17, 15) is 9.59 Å². The summed E-state index contributed by atoms with van der Waals surface area (Å²) < 4.78 is 0. The summed E-state index contributed by atoms with van der Waals surface area (Å²) in [6.07, 6.45) is 2.11. The number of carboxylic acid groups (broad SMARTS) is 1. The summed E-state index contributed by atoms with van der Waals surface area (Å²) in [5.74, 6) is -0.981. The fourth-order valence-electron chi connectivity index (χ4n) is 0.399. The Hall–Kier alpha value is -1.82. The number of amides is 2. The average Bonchev–Trinajstić information content (AvgIpc) is 2.14. The number of aliphatic carboxylic acids is 1. The highest BCUT2D eigenvalue weighted by atomic mass is 16.4. The molecule has 0 aliphatic carbocycles. The van der Waals surface area contributed by atoms with Crippen LogP contribution in [0.3, 0.4) is 0 Å². The van der Waals surface area contributed by atoms with Gasteiger partial charge in [0.2, 0.25) is 0 Å². The largest absolute Gasteiger partial charge is 0.478 e. The average molecular weight is 202 g/mol. The first-order valence-corrected chi connectivity index (χ1v) is 3.64. The molecule has 0 bridgehead atoms. The molecule has 0 radical (unpaired) electrons. The Kier molecular flexibility index (Phi) is 9.73. The summed E-state index contributed by atoms with van der Waals surface area (Å²) in [5, 5.41) is 15.9. The number of hydrogen-bond acceptors (Lipinski definition) is 3. The van der Waals surface area contributed by atoms with Crippen molar-refractivity contribution >= 4 is 12.0 Å². The fraction of sp³-hybridized carbons (Fsp3) is 0.250. The summed E-state index contributed by atoms with van der Waals surface area (Å²) in [5.41, 5.74) is 4.84. The predicted octanol–water partition coefficient (Wildman–Crippen LogP) is -0.240. The summed E-state index contributed by atoms with van der Waals surface area (Å²) in [6, 6.07) is -0.598. The molecule has 0 rings (SSSR count). The van der Waals surface area contributed by atoms with Gasteiger partial charge in [0.25, 0.3) is 0 Å². The molecule has 0 atom stereocenters. The molecule has 14 heavy (non-hydrogen) atoms. The van der Waals surface area contributed by atoms with Crippen molar-refractivity contribution in [2.45, 2.75) is 0 Å². The van der Waals surface area contributed by atoms with Gasteiger partial charge in [0.05, 0.1) is 13.2 Å². The summed E-state index contributed by atoms with van der Waals surface area (Å²) >= 11 is 0. The van der Waals surface area contributed by atoms with Crippen molar-refractivity contribution in [1.29, 1.82) is 0 Å². The van der Waals surface area contributed by atoms with Crippen LogP contribution in [0.4, 0.5) is 4.79 Å². The normalized spacial score (nSPS) is 7.79. The summed E-state index contributed by atoms with van der Waals surface area (Å²) in [4.78, 5) is 20.7. The molecule has 0 aromatic rings. The number of rotatable bonds is 4. The van der Waals surface area contributed by atoms with E-state index in [1.165, 1.54) is 6.20 Å². The Morgan fingerprint density at radius 1 is 1.43 bits per heavy atom. The molecule has 0 aromatic carbocycles. The minimum absolute atomic E-state index is 0.102. The quantitative estimate of drug-likeness (QED) is 0.547. The minimum atomic E-state index is -0.981. The van der Waals surface area contributed by atoms with Crippen LogP contribution in [0.2, 0.25) is 0 Å². The van der Waals surface area contributed by atoms with E-state index in [1.807, 2.05) is 0 Å². The van der Waals surface area contributed by atoms with Gasteiger partial charge in [-0.05, 0) is 0 Å². The molecule has 0 saturated carbocycles. The molecule has 0 aromatic heterocycles. The monoisotopic (exact) mass is 202 g/mol. The van der Waals surface area contributed by atoms with Gasteiger partial charge in [-0.3, -0.25) is 4.90 Å². The predicted molar refractivity (Wildman–Crippen MR) is 51.4 cm³/mol. The Morgan fingerprint density at radius 2 is 1.86 bits per heavy atom. The third-order valence-corrected chi connectivity index (χ3v) is 1.02. The smallest absolute Gasteiger partial charge is 0.327 e. The number of hydrogen-bond donors (Lipinski definition) is 3. The number of aliphatic hydroxyl groups excluding tert-OH is 1. The van der Waals surface area contributed by atoms with Crippen LogP contribution < -0.4 is 5.73 Å². The van der Waals surface area contributed by atoms with Crippen LogP contribution in [-0.4, -0.2) is 40.3 Å². The van der Waals surface area contributed by atoms with Crippen molar-refractivity contribution in [2.75, 3.05) is 13.2 Å². The van der Waals surface area contributed by atoms with E-state index >= 15 is 0 Å². The molecule has 0 saturated heterocycles. The molecule has 6 nitrogen and oxygen atoms in total. The van der Waals surface area contributed by atoms with Crippen LogP contribution in [0.15, 0.2) is 25.4 Å². The van der Waals surface area contributed by atoms with Gasteiger partial charge in [0.15, 0.2) is 0 Å². The maximum absolute atomic E-state index is 10.3. The highest BCUT2D eigenvalue weighted by molar-refractivity contribution is 5.78. The third kappa shape index (κ3) is 10.2. The molecular weight excluding hydrogens is 188 g/mol. The fourth-order valence-corrected chi connectivity index (χ4v) is 0.399. The zero-order valence-corrected chi connectivity index (χ0v) is 7.72. The Labute approximate surface area is 81.9 Å². The van der Waals surface area contributed by atoms with Crippen LogP contribution in [0.1, 0.15) is 0 Å². The molecule has 0 heterocycles. The molecule has 0 unspecified atom stereocenters. The molecule has 0 aliphatic heterocycles. The lowest BCUT2D eigenvalue weighted by Gasteiger charge is -2.11. The number of nitrogens with zero attached hydrogens (tertiary/aromatic N) is 1. The zero-order chi connectivity index (χ0) is 11.6. The van der Waals surface area contributed by atoms with Gasteiger partial charge < -0.3 is 15.9 Å². The molecule has 0 spiro atoms. The first kappa shape index (κ1) is 14.7. The van der Waals surface area contributed by atoms with Gasteiger partial charge in [0, 0.05) is 12.3 Å². The topological polar surface area (TPSA) is 104 Å². The highest BCUT2D eigenvalue weighted by Gasteiger charge is 2.01. The maximum Gasteiger partial charge on any atom is 0.327 e. The number of carbonyl (C=O) groups is 2. The van der Waals surface area contributed by atoms with Gasteiger partial charge in [-0.2, -0.15) is 0 Å². The molecule has 80 valence electrons. The standard InChI is InChI=1S/C5H10N2O2.C3H4O2/c1-2-7(3-4-8)5(6)9;1-2-3(4)5/h2,8H,1,3-4H2,(H2,6,9);2H,1H2,(H,4,5). The van der Waals surface area contributed by atoms with Crippen molar-refractivity contribution in [3.05, 3.63) is 25.4 Å². The van der Waals surface area contributed by atoms with E-state index < -0.39 is 12.0 Å². The number of carboxylic acids is 1. The van der Waals surface area contributed by atoms with Gasteiger partial charge >= 0.3 is 12.0 Å². The first-order valence-electron chi connectivity index (χ1n) is 3.64. The van der Waals surface area contributed by atoms with Crippen molar-refractivity contribution in [2.24, 2.45) is 5.73 Å². The molecule has 0 aliphatic rings. The maximum atomic E-state index is 10.3. The number of nitrogens with two attached hydrogens (primary N) is 1. The van der Waals surface area contributed by atoms with Crippen LogP contribution in [0.5, 0.6) is 0 Å². The van der Waals surface area contributed by atoms with Crippen molar-refractivity contribution in [1.82, 2.24) is 4.90 Å². The van der Waals surface area contributed by atoms with Gasteiger partial charge in [0.1, 0.15) is 0 Å². The van der Waals surface area contributed by atoms with E-state index in [-0.39, 0.29) is 13.2 Å². The lowest BCUT2D eigenvalue weighted by molar-refractivity contribution is -0.131. The molecular formula is C8H14N2O4. The van der Waals surface area contributed by atoms with E-state index in [2.05, 4.69) is 13.2 Å². The van der Waals surface area contributed by atoms with Crippen molar-refractivity contribution < 1.29 is 19.8 Å². The van der Waals surface area contributed by atoms with E-state index in [0.717, 1.165) is 11.0 Å². The van der Waals surface area contributed by atoms with Crippen LogP contribution in [-0.2, 0) is 4.79 Å². The number of carbonyl (C=O) groups excluding carboxylic acids is 1. The van der Waals surface area contributed by atoms with Gasteiger partial charge in [-0.15, -0.1) is 0 Å². The third-order valence-electron chi connectivity index (χ3n) is 1.02. The van der Waals surface area contributed by atoms with Crippen molar-refractivity contribution in [3.63, 3.8) is 0 Å². The van der Waals surface area contributed by atoms with Gasteiger partial charge in [-0.1, -0.05) is 13.2 Å². The van der Waals surface area contributed by atoms with Crippen LogP contribution >= 0.6 is 0 Å². The molecule has 6 heteroatoms. The summed E-state index contributed by atoms with van der Waals surface area (Å²) in [7, 11) is 0. The number of urea groups is 1. The zero-order valence-electron chi connectivity index (χ0n) is 7.72. The lowest BCUT2D eigenvalue weighted by Crippen LogP contribution is -2.32. The van der Waals surface area contributed by atoms with Gasteiger partial charge in [-0.25, -0.2) is 9.59 Å². The number of primary amides is 1. The SMILES string of the molecule is C=CC(=O)O.C=CN(CCO)C(N)=O. The second-order valence-corrected chi connectivity index (χ2v) is 1.98. The second-order valence-electron chi connectivity index (χ2n) is 1.98. The van der Waals surface area contributed by atoms with E-state index in [1.54, 1.807) is 0 Å². The Balaban J connectivity index is 0. The van der Waals surface area contributed by atoms with E-state index in [0.29, 0.717) is 0 Å². The summed E-state index contributed by atoms with van der Waals surface area (Å²) in [6.45, 7) is 6.38. The molecule has 4 N–H and O–H groups in total. The molecule has 0 fully saturated rings. The Morgan fingerprint density at radius 3 is 1.93 bits per heavy atom. The first-order chi connectivity index (χ1) is 6.49. The number of aliphatic hydroxyl groups is 1.